The molecule has 0 radical (unpaired) electrons. The molecule has 0 atom stereocenters. The third-order valence-electron chi connectivity index (χ3n) is 3.07. The molecule has 20 heavy (non-hydrogen) atoms. The van der Waals surface area contributed by atoms with Crippen molar-refractivity contribution in [2.75, 3.05) is 5.73 Å². The van der Waals surface area contributed by atoms with Gasteiger partial charge >= 0.3 is 0 Å². The van der Waals surface area contributed by atoms with Crippen molar-refractivity contribution >= 4 is 21.6 Å². The van der Waals surface area contributed by atoms with Gasteiger partial charge in [-0.1, -0.05) is 30.3 Å². The molecule has 1 heterocycles. The second kappa shape index (κ2) is 5.05. The van der Waals surface area contributed by atoms with E-state index in [1.54, 1.807) is 4.68 Å². The van der Waals surface area contributed by atoms with E-state index in [1.165, 1.54) is 0 Å². The van der Waals surface area contributed by atoms with E-state index in [2.05, 4.69) is 31.5 Å². The summed E-state index contributed by atoms with van der Waals surface area (Å²) in [5, 5.41) is 11.9. The van der Waals surface area contributed by atoms with Gasteiger partial charge in [0.1, 0.15) is 0 Å². The lowest BCUT2D eigenvalue weighted by Gasteiger charge is -2.09. The first-order valence-electron chi connectivity index (χ1n) is 6.06. The Morgan fingerprint density at radius 1 is 1.15 bits per heavy atom. The molecule has 1 aromatic heterocycles. The predicted molar refractivity (Wildman–Crippen MR) is 81.4 cm³/mol. The average Bonchev–Trinajstić information content (AvgIpc) is 2.93. The molecule has 0 aliphatic rings. The molecule has 0 spiro atoms. The van der Waals surface area contributed by atoms with Gasteiger partial charge in [-0.15, -0.1) is 5.10 Å². The second-order valence-corrected chi connectivity index (χ2v) is 5.29. The zero-order valence-corrected chi connectivity index (χ0v) is 12.4. The molecule has 0 amide bonds. The maximum atomic E-state index is 5.98. The van der Waals surface area contributed by atoms with E-state index >= 15 is 0 Å². The first kappa shape index (κ1) is 12.8. The van der Waals surface area contributed by atoms with Crippen LogP contribution < -0.4 is 5.73 Å². The van der Waals surface area contributed by atoms with E-state index in [0.29, 0.717) is 11.5 Å². The number of benzene rings is 2. The minimum atomic E-state index is 0.676. The normalized spacial score (nSPS) is 10.7. The summed E-state index contributed by atoms with van der Waals surface area (Å²) in [6.07, 6.45) is 0. The van der Waals surface area contributed by atoms with Crippen molar-refractivity contribution in [3.05, 3.63) is 52.5 Å². The third-order valence-corrected chi connectivity index (χ3v) is 3.70. The number of anilines is 1. The number of hydrogen-bond donors (Lipinski definition) is 1. The molecule has 0 saturated carbocycles. The van der Waals surface area contributed by atoms with Crippen LogP contribution in [-0.4, -0.2) is 20.2 Å². The molecule has 3 aromatic rings. The topological polar surface area (TPSA) is 69.6 Å². The number of hydrogen-bond acceptors (Lipinski definition) is 4. The monoisotopic (exact) mass is 329 g/mol. The zero-order valence-electron chi connectivity index (χ0n) is 10.8. The van der Waals surface area contributed by atoms with Gasteiger partial charge in [0.2, 0.25) is 0 Å². The number of aryl methyl sites for hydroxylation is 1. The van der Waals surface area contributed by atoms with Gasteiger partial charge in [0.25, 0.3) is 0 Å². The van der Waals surface area contributed by atoms with E-state index < -0.39 is 0 Å². The van der Waals surface area contributed by atoms with Crippen molar-refractivity contribution in [3.63, 3.8) is 0 Å². The maximum Gasteiger partial charge on any atom is 0.187 e. The molecular formula is C14H12BrN5. The van der Waals surface area contributed by atoms with Crippen LogP contribution in [0.1, 0.15) is 5.56 Å². The van der Waals surface area contributed by atoms with Crippen LogP contribution in [0.15, 0.2) is 46.9 Å². The van der Waals surface area contributed by atoms with Crippen LogP contribution in [0.5, 0.6) is 0 Å². The number of nitrogen functional groups attached to an aromatic ring is 1. The fraction of sp³-hybridized carbons (Fsp3) is 0.0714. The fourth-order valence-electron chi connectivity index (χ4n) is 1.96. The van der Waals surface area contributed by atoms with Gasteiger partial charge in [0.05, 0.1) is 5.69 Å². The highest BCUT2D eigenvalue weighted by Gasteiger charge is 2.14. The average molecular weight is 330 g/mol. The molecule has 0 fully saturated rings. The van der Waals surface area contributed by atoms with E-state index in [4.69, 9.17) is 5.73 Å². The van der Waals surface area contributed by atoms with Gasteiger partial charge in [-0.05, 0) is 51.0 Å². The van der Waals surface area contributed by atoms with Gasteiger partial charge in [-0.2, -0.15) is 4.68 Å². The van der Waals surface area contributed by atoms with Gasteiger partial charge in [-0.3, -0.25) is 0 Å². The smallest absolute Gasteiger partial charge is 0.187 e. The minimum Gasteiger partial charge on any atom is -0.398 e. The molecule has 0 aliphatic heterocycles. The summed E-state index contributed by atoms with van der Waals surface area (Å²) in [6.45, 7) is 1.96. The zero-order chi connectivity index (χ0) is 14.1. The summed E-state index contributed by atoms with van der Waals surface area (Å²) >= 11 is 3.54. The number of tetrazole rings is 1. The highest BCUT2D eigenvalue weighted by molar-refractivity contribution is 9.10. The molecule has 2 aromatic carbocycles. The standard InChI is InChI=1S/C14H12BrN5/c1-9-7-11(15)13(8-12(9)16)20-14(17-18-19-20)10-5-3-2-4-6-10/h2-8H,16H2,1H3. The number of nitrogens with two attached hydrogens (primary N) is 1. The van der Waals surface area contributed by atoms with Crippen molar-refractivity contribution < 1.29 is 0 Å². The van der Waals surface area contributed by atoms with Gasteiger partial charge in [-0.25, -0.2) is 0 Å². The number of aromatic nitrogens is 4. The molecule has 3 rings (SSSR count). The quantitative estimate of drug-likeness (QED) is 0.734. The molecule has 0 saturated heterocycles. The summed E-state index contributed by atoms with van der Waals surface area (Å²) in [7, 11) is 0. The fourth-order valence-corrected chi connectivity index (χ4v) is 2.58. The van der Waals surface area contributed by atoms with Gasteiger partial charge in [0, 0.05) is 15.7 Å². The van der Waals surface area contributed by atoms with E-state index in [-0.39, 0.29) is 0 Å². The van der Waals surface area contributed by atoms with Crippen LogP contribution in [0.4, 0.5) is 5.69 Å². The first-order chi connectivity index (χ1) is 9.66. The van der Waals surface area contributed by atoms with Crippen molar-refractivity contribution in [1.82, 2.24) is 20.2 Å². The third kappa shape index (κ3) is 2.18. The summed E-state index contributed by atoms with van der Waals surface area (Å²) < 4.78 is 2.57. The van der Waals surface area contributed by atoms with Gasteiger partial charge in [0.15, 0.2) is 5.82 Å². The highest BCUT2D eigenvalue weighted by atomic mass is 79.9. The Morgan fingerprint density at radius 3 is 2.65 bits per heavy atom. The summed E-state index contributed by atoms with van der Waals surface area (Å²) in [6, 6.07) is 13.6. The van der Waals surface area contributed by atoms with Crippen LogP contribution in [0.3, 0.4) is 0 Å². The Kier molecular flexibility index (Phi) is 3.23. The molecule has 0 aliphatic carbocycles. The second-order valence-electron chi connectivity index (χ2n) is 4.44. The molecular weight excluding hydrogens is 318 g/mol. The molecule has 100 valence electrons. The Labute approximate surface area is 124 Å². The molecule has 0 unspecified atom stereocenters. The van der Waals surface area contributed by atoms with E-state index in [1.807, 2.05) is 49.4 Å². The van der Waals surface area contributed by atoms with E-state index in [9.17, 15) is 0 Å². The SMILES string of the molecule is Cc1cc(Br)c(-n2nnnc2-c2ccccc2)cc1N. The lowest BCUT2D eigenvalue weighted by Crippen LogP contribution is -2.03. The van der Waals surface area contributed by atoms with Crippen LogP contribution in [-0.2, 0) is 0 Å². The Morgan fingerprint density at radius 2 is 1.90 bits per heavy atom. The van der Waals surface area contributed by atoms with Gasteiger partial charge < -0.3 is 5.73 Å². The van der Waals surface area contributed by atoms with Crippen molar-refractivity contribution in [3.8, 4) is 17.1 Å². The van der Waals surface area contributed by atoms with Crippen molar-refractivity contribution in [1.29, 1.82) is 0 Å². The number of rotatable bonds is 2. The lowest BCUT2D eigenvalue weighted by atomic mass is 10.1. The molecule has 6 heteroatoms. The van der Waals surface area contributed by atoms with Crippen LogP contribution in [0, 0.1) is 6.92 Å². The molecule has 5 nitrogen and oxygen atoms in total. The minimum absolute atomic E-state index is 0.676. The Balaban J connectivity index is 2.18. The lowest BCUT2D eigenvalue weighted by molar-refractivity contribution is 0.789. The highest BCUT2D eigenvalue weighted by Crippen LogP contribution is 2.28. The van der Waals surface area contributed by atoms with Crippen LogP contribution in [0.25, 0.3) is 17.1 Å². The Hall–Kier alpha value is -2.21. The summed E-state index contributed by atoms with van der Waals surface area (Å²) in [5.41, 5.74) is 9.46. The van der Waals surface area contributed by atoms with Crippen molar-refractivity contribution in [2.24, 2.45) is 0 Å². The van der Waals surface area contributed by atoms with E-state index in [0.717, 1.165) is 21.3 Å². The largest absolute Gasteiger partial charge is 0.398 e. The Bertz CT molecular complexity index is 752. The summed E-state index contributed by atoms with van der Waals surface area (Å²) in [5.74, 6) is 0.676. The molecule has 2 N–H and O–H groups in total. The summed E-state index contributed by atoms with van der Waals surface area (Å²) in [4.78, 5) is 0. The first-order valence-corrected chi connectivity index (χ1v) is 6.86. The van der Waals surface area contributed by atoms with Crippen LogP contribution >= 0.6 is 15.9 Å². The predicted octanol–water partition coefficient (Wildman–Crippen LogP) is 2.98. The van der Waals surface area contributed by atoms with Crippen molar-refractivity contribution in [2.45, 2.75) is 6.92 Å². The molecule has 0 bridgehead atoms. The maximum absolute atomic E-state index is 5.98. The number of halogens is 1. The number of nitrogens with zero attached hydrogens (tertiary/aromatic N) is 4. The van der Waals surface area contributed by atoms with Crippen LogP contribution in [0.2, 0.25) is 0 Å².